The van der Waals surface area contributed by atoms with Gasteiger partial charge in [0, 0.05) is 34.6 Å². The molecule has 21 heavy (non-hydrogen) atoms. The molecule has 1 saturated carbocycles. The van der Waals surface area contributed by atoms with Crippen molar-refractivity contribution in [2.45, 2.75) is 30.3 Å². The molecule has 3 rings (SSSR count). The van der Waals surface area contributed by atoms with E-state index in [0.29, 0.717) is 18.3 Å². The van der Waals surface area contributed by atoms with E-state index in [9.17, 15) is 8.42 Å². The van der Waals surface area contributed by atoms with Crippen LogP contribution < -0.4 is 10.5 Å². The Morgan fingerprint density at radius 2 is 1.95 bits per heavy atom. The summed E-state index contributed by atoms with van der Waals surface area (Å²) in [5.74, 6) is 0. The van der Waals surface area contributed by atoms with Crippen LogP contribution in [0, 0.1) is 0 Å². The minimum absolute atomic E-state index is 0.262. The number of aromatic nitrogens is 1. The second-order valence-corrected chi connectivity index (χ2v) is 7.72. The number of rotatable bonds is 5. The van der Waals surface area contributed by atoms with Crippen LogP contribution in [0.2, 0.25) is 0 Å². The maximum absolute atomic E-state index is 12.4. The second kappa shape index (κ2) is 5.47. The lowest BCUT2D eigenvalue weighted by Crippen LogP contribution is -2.12. The molecule has 0 unspecified atom stereocenters. The van der Waals surface area contributed by atoms with E-state index < -0.39 is 10.0 Å². The van der Waals surface area contributed by atoms with Crippen molar-refractivity contribution in [3.05, 3.63) is 46.7 Å². The molecule has 7 heteroatoms. The average Bonchev–Trinajstić information content (AvgIpc) is 3.19. The van der Waals surface area contributed by atoms with E-state index in [0.717, 1.165) is 23.0 Å². The van der Waals surface area contributed by atoms with Crippen molar-refractivity contribution in [1.29, 1.82) is 0 Å². The highest BCUT2D eigenvalue weighted by Gasteiger charge is 2.27. The molecule has 0 saturated heterocycles. The van der Waals surface area contributed by atoms with Crippen LogP contribution in [-0.2, 0) is 16.6 Å². The lowest BCUT2D eigenvalue weighted by molar-refractivity contribution is 0.600. The fourth-order valence-corrected chi connectivity index (χ4v) is 3.60. The number of anilines is 1. The van der Waals surface area contributed by atoms with Gasteiger partial charge in [0.25, 0.3) is 10.0 Å². The number of nitrogens with one attached hydrogen (secondary N) is 1. The van der Waals surface area contributed by atoms with Crippen LogP contribution in [-0.4, -0.2) is 13.0 Å². The second-order valence-electron chi connectivity index (χ2n) is 5.12. The summed E-state index contributed by atoms with van der Waals surface area (Å²) in [6, 6.07) is 9.06. The fourth-order valence-electron chi connectivity index (χ4n) is 2.23. The van der Waals surface area contributed by atoms with Crippen molar-refractivity contribution < 1.29 is 8.42 Å². The zero-order chi connectivity index (χ0) is 15.0. The van der Waals surface area contributed by atoms with E-state index in [2.05, 4.69) is 20.7 Å². The zero-order valence-electron chi connectivity index (χ0n) is 11.3. The molecule has 0 spiro atoms. The molecular formula is C14H16BrN3O2S. The molecule has 1 fully saturated rings. The molecule has 5 nitrogen and oxygen atoms in total. The van der Waals surface area contributed by atoms with Gasteiger partial charge in [-0.2, -0.15) is 0 Å². The summed E-state index contributed by atoms with van der Waals surface area (Å²) in [5, 5.41) is 0. The number of nitrogens with two attached hydrogens (primary N) is 1. The summed E-state index contributed by atoms with van der Waals surface area (Å²) in [7, 11) is -3.59. The Bertz CT molecular complexity index is 749. The highest BCUT2D eigenvalue weighted by atomic mass is 79.9. The standard InChI is InChI=1S/C14H16BrN3O2S/c15-10-1-3-11(4-2-10)17-21(19,20)14-7-13(8-16)18(9-14)12-5-6-12/h1-4,7,9,12,17H,5-6,8,16H2. The molecule has 2 aromatic rings. The summed E-state index contributed by atoms with van der Waals surface area (Å²) >= 11 is 3.32. The van der Waals surface area contributed by atoms with Crippen molar-refractivity contribution >= 4 is 31.6 Å². The number of halogens is 1. The molecule has 0 radical (unpaired) electrons. The number of sulfonamides is 1. The van der Waals surface area contributed by atoms with Gasteiger partial charge in [-0.1, -0.05) is 15.9 Å². The van der Waals surface area contributed by atoms with Crippen LogP contribution in [0.15, 0.2) is 45.9 Å². The zero-order valence-corrected chi connectivity index (χ0v) is 13.7. The molecule has 1 aliphatic rings. The van der Waals surface area contributed by atoms with Gasteiger partial charge in [0.05, 0.1) is 0 Å². The summed E-state index contributed by atoms with van der Waals surface area (Å²) in [4.78, 5) is 0.262. The van der Waals surface area contributed by atoms with Gasteiger partial charge in [-0.3, -0.25) is 4.72 Å². The van der Waals surface area contributed by atoms with Gasteiger partial charge in [0.15, 0.2) is 0 Å². The Hall–Kier alpha value is -1.31. The summed E-state index contributed by atoms with van der Waals surface area (Å²) in [6.45, 7) is 0.338. The van der Waals surface area contributed by atoms with Gasteiger partial charge in [-0.15, -0.1) is 0 Å². The van der Waals surface area contributed by atoms with Crippen molar-refractivity contribution in [3.63, 3.8) is 0 Å². The highest BCUT2D eigenvalue weighted by Crippen LogP contribution is 2.37. The van der Waals surface area contributed by atoms with Crippen molar-refractivity contribution in [3.8, 4) is 0 Å². The Labute approximate surface area is 132 Å². The Morgan fingerprint density at radius 1 is 1.29 bits per heavy atom. The highest BCUT2D eigenvalue weighted by molar-refractivity contribution is 9.10. The van der Waals surface area contributed by atoms with Crippen LogP contribution in [0.3, 0.4) is 0 Å². The maximum Gasteiger partial charge on any atom is 0.263 e. The number of benzene rings is 1. The molecule has 3 N–H and O–H groups in total. The molecule has 1 heterocycles. The smallest absolute Gasteiger partial charge is 0.263 e. The minimum atomic E-state index is -3.59. The molecule has 112 valence electrons. The summed E-state index contributed by atoms with van der Waals surface area (Å²) in [5.41, 5.74) is 7.09. The number of hydrogen-bond acceptors (Lipinski definition) is 3. The van der Waals surface area contributed by atoms with Crippen LogP contribution in [0.25, 0.3) is 0 Å². The largest absolute Gasteiger partial charge is 0.346 e. The van der Waals surface area contributed by atoms with Gasteiger partial charge >= 0.3 is 0 Å². The Balaban J connectivity index is 1.89. The summed E-state index contributed by atoms with van der Waals surface area (Å²) < 4.78 is 30.3. The monoisotopic (exact) mass is 369 g/mol. The predicted octanol–water partition coefficient (Wildman–Crippen LogP) is 2.85. The van der Waals surface area contributed by atoms with Crippen molar-refractivity contribution in [1.82, 2.24) is 4.57 Å². The van der Waals surface area contributed by atoms with E-state index in [4.69, 9.17) is 5.73 Å². The van der Waals surface area contributed by atoms with Crippen molar-refractivity contribution in [2.24, 2.45) is 5.73 Å². The molecule has 0 bridgehead atoms. The van der Waals surface area contributed by atoms with E-state index in [1.165, 1.54) is 0 Å². The quantitative estimate of drug-likeness (QED) is 0.850. The van der Waals surface area contributed by atoms with Crippen LogP contribution in [0.5, 0.6) is 0 Å². The van der Waals surface area contributed by atoms with E-state index in [1.807, 2.05) is 4.57 Å². The molecule has 1 aromatic carbocycles. The molecule has 0 aliphatic heterocycles. The molecule has 1 aromatic heterocycles. The molecule has 0 atom stereocenters. The molecule has 0 amide bonds. The Morgan fingerprint density at radius 3 is 2.52 bits per heavy atom. The maximum atomic E-state index is 12.4. The number of hydrogen-bond donors (Lipinski definition) is 2. The Kier molecular flexibility index (Phi) is 3.81. The molecular weight excluding hydrogens is 354 g/mol. The van der Waals surface area contributed by atoms with Crippen LogP contribution in [0.1, 0.15) is 24.6 Å². The first-order valence-corrected chi connectivity index (χ1v) is 8.96. The minimum Gasteiger partial charge on any atom is -0.346 e. The SMILES string of the molecule is NCc1cc(S(=O)(=O)Nc2ccc(Br)cc2)cn1C1CC1. The third-order valence-electron chi connectivity index (χ3n) is 3.46. The predicted molar refractivity (Wildman–Crippen MR) is 85.5 cm³/mol. The summed E-state index contributed by atoms with van der Waals surface area (Å²) in [6.07, 6.45) is 3.85. The third kappa shape index (κ3) is 3.14. The van der Waals surface area contributed by atoms with Crippen LogP contribution >= 0.6 is 15.9 Å². The van der Waals surface area contributed by atoms with Gasteiger partial charge in [0.2, 0.25) is 0 Å². The third-order valence-corrected chi connectivity index (χ3v) is 5.34. The normalized spacial score (nSPS) is 15.1. The topological polar surface area (TPSA) is 77.1 Å². The van der Waals surface area contributed by atoms with E-state index in [1.54, 1.807) is 36.5 Å². The van der Waals surface area contributed by atoms with Gasteiger partial charge in [-0.05, 0) is 43.2 Å². The van der Waals surface area contributed by atoms with E-state index >= 15 is 0 Å². The first-order valence-electron chi connectivity index (χ1n) is 6.69. The van der Waals surface area contributed by atoms with Gasteiger partial charge < -0.3 is 10.3 Å². The van der Waals surface area contributed by atoms with Crippen molar-refractivity contribution in [2.75, 3.05) is 4.72 Å². The van der Waals surface area contributed by atoms with Gasteiger partial charge in [-0.25, -0.2) is 8.42 Å². The lowest BCUT2D eigenvalue weighted by Gasteiger charge is -2.06. The number of nitrogens with zero attached hydrogens (tertiary/aromatic N) is 1. The fraction of sp³-hybridized carbons (Fsp3) is 0.286. The average molecular weight is 370 g/mol. The van der Waals surface area contributed by atoms with E-state index in [-0.39, 0.29) is 4.90 Å². The van der Waals surface area contributed by atoms with Gasteiger partial charge in [0.1, 0.15) is 4.90 Å². The first-order chi connectivity index (χ1) is 9.99. The molecule has 1 aliphatic carbocycles. The lowest BCUT2D eigenvalue weighted by atomic mass is 10.3. The first kappa shape index (κ1) is 14.6. The van der Waals surface area contributed by atoms with Crippen LogP contribution in [0.4, 0.5) is 5.69 Å².